The lowest BCUT2D eigenvalue weighted by atomic mass is 10.6. The van der Waals surface area contributed by atoms with E-state index < -0.39 is 6.09 Å². The first kappa shape index (κ1) is 6.81. The normalized spacial score (nSPS) is 9.50. The molecule has 0 spiro atoms. The van der Waals surface area contributed by atoms with E-state index >= 15 is 0 Å². The van der Waals surface area contributed by atoms with E-state index in [1.165, 1.54) is 12.3 Å². The van der Waals surface area contributed by atoms with E-state index in [0.717, 1.165) is 0 Å². The number of nitrogens with two attached hydrogens (primary N) is 1. The van der Waals surface area contributed by atoms with Crippen LogP contribution in [0, 0.1) is 0 Å². The second kappa shape index (κ2) is 3.98. The minimum absolute atomic E-state index is 0.270. The van der Waals surface area contributed by atoms with E-state index in [2.05, 4.69) is 5.32 Å². The van der Waals surface area contributed by atoms with Crippen molar-refractivity contribution in [1.82, 2.24) is 5.32 Å². The predicted molar refractivity (Wildman–Crippen MR) is 29.4 cm³/mol. The van der Waals surface area contributed by atoms with Crippen molar-refractivity contribution in [3.8, 4) is 0 Å². The quantitative estimate of drug-likeness (QED) is 0.464. The highest BCUT2D eigenvalue weighted by Gasteiger charge is 1.85. The summed E-state index contributed by atoms with van der Waals surface area (Å²) in [6.45, 7) is 0.270. The molecule has 4 heteroatoms. The maximum absolute atomic E-state index is 9.69. The van der Waals surface area contributed by atoms with Gasteiger partial charge in [0.05, 0.1) is 0 Å². The second-order valence-electron chi connectivity index (χ2n) is 1.11. The molecule has 0 rings (SSSR count). The number of amides is 1. The third-order valence-corrected chi connectivity index (χ3v) is 0.507. The zero-order valence-corrected chi connectivity index (χ0v) is 4.29. The van der Waals surface area contributed by atoms with Crippen LogP contribution >= 0.6 is 0 Å². The van der Waals surface area contributed by atoms with Crippen LogP contribution < -0.4 is 11.1 Å². The molecule has 0 fully saturated rings. The predicted octanol–water partition coefficient (Wildman–Crippen LogP) is -0.274. The Morgan fingerprint density at radius 2 is 2.50 bits per heavy atom. The summed E-state index contributed by atoms with van der Waals surface area (Å²) in [7, 11) is 0. The Hall–Kier alpha value is -1.19. The number of rotatable bonds is 2. The van der Waals surface area contributed by atoms with Gasteiger partial charge in [-0.05, 0) is 12.3 Å². The van der Waals surface area contributed by atoms with Gasteiger partial charge in [-0.1, -0.05) is 0 Å². The number of hydrogen-bond donors (Lipinski definition) is 3. The van der Waals surface area contributed by atoms with Crippen molar-refractivity contribution in [2.75, 3.05) is 6.54 Å². The largest absolute Gasteiger partial charge is 0.465 e. The van der Waals surface area contributed by atoms with Crippen LogP contribution in [0.2, 0.25) is 0 Å². The van der Waals surface area contributed by atoms with Crippen molar-refractivity contribution in [1.29, 1.82) is 0 Å². The highest BCUT2D eigenvalue weighted by Crippen LogP contribution is 1.62. The summed E-state index contributed by atoms with van der Waals surface area (Å²) in [4.78, 5) is 9.69. The molecule has 0 aliphatic rings. The zero-order valence-electron chi connectivity index (χ0n) is 4.29. The Morgan fingerprint density at radius 3 is 2.88 bits per heavy atom. The first-order chi connectivity index (χ1) is 3.77. The average Bonchev–Trinajstić information content (AvgIpc) is 1.66. The Labute approximate surface area is 47.0 Å². The third-order valence-electron chi connectivity index (χ3n) is 0.507. The number of nitrogens with one attached hydrogen (secondary N) is 1. The molecule has 0 radical (unpaired) electrons. The molecule has 4 N–H and O–H groups in total. The summed E-state index contributed by atoms with van der Waals surface area (Å²) in [5.74, 6) is 0. The standard InChI is InChI=1S/C4H8N2O2/c5-2-1-3-6-4(7)8/h1-2,6H,3,5H2,(H,7,8). The molecule has 1 amide bonds. The molecule has 0 aromatic rings. The Kier molecular flexibility index (Phi) is 3.39. The molecule has 46 valence electrons. The molecule has 8 heavy (non-hydrogen) atoms. The van der Waals surface area contributed by atoms with E-state index in [1.807, 2.05) is 0 Å². The van der Waals surface area contributed by atoms with Crippen LogP contribution in [0.5, 0.6) is 0 Å². The van der Waals surface area contributed by atoms with Crippen LogP contribution in [-0.4, -0.2) is 17.7 Å². The highest BCUT2D eigenvalue weighted by atomic mass is 16.4. The van der Waals surface area contributed by atoms with E-state index in [9.17, 15) is 4.79 Å². The van der Waals surface area contributed by atoms with Crippen molar-refractivity contribution in [3.05, 3.63) is 12.3 Å². The molecule has 0 aliphatic heterocycles. The summed E-state index contributed by atoms with van der Waals surface area (Å²) < 4.78 is 0. The molecule has 0 aromatic heterocycles. The van der Waals surface area contributed by atoms with Crippen molar-refractivity contribution in [2.45, 2.75) is 0 Å². The number of carboxylic acid groups (broad SMARTS) is 1. The summed E-state index contributed by atoms with van der Waals surface area (Å²) in [6.07, 6.45) is 1.76. The molecule has 0 aromatic carbocycles. The van der Waals surface area contributed by atoms with Crippen LogP contribution in [0.1, 0.15) is 0 Å². The lowest BCUT2D eigenvalue weighted by molar-refractivity contribution is 0.195. The molecule has 0 aliphatic carbocycles. The molecule has 0 heterocycles. The lowest BCUT2D eigenvalue weighted by Crippen LogP contribution is -2.20. The van der Waals surface area contributed by atoms with E-state index in [1.54, 1.807) is 0 Å². The topological polar surface area (TPSA) is 75.3 Å². The van der Waals surface area contributed by atoms with Crippen LogP contribution in [0.4, 0.5) is 4.79 Å². The molecule has 0 saturated heterocycles. The fourth-order valence-corrected chi connectivity index (χ4v) is 0.214. The van der Waals surface area contributed by atoms with Gasteiger partial charge in [0.2, 0.25) is 0 Å². The average molecular weight is 116 g/mol. The highest BCUT2D eigenvalue weighted by molar-refractivity contribution is 5.64. The first-order valence-electron chi connectivity index (χ1n) is 2.11. The van der Waals surface area contributed by atoms with Gasteiger partial charge in [0, 0.05) is 6.54 Å². The van der Waals surface area contributed by atoms with Crippen LogP contribution in [0.15, 0.2) is 12.3 Å². The summed E-state index contributed by atoms with van der Waals surface area (Å²) >= 11 is 0. The fraction of sp³-hybridized carbons (Fsp3) is 0.250. The van der Waals surface area contributed by atoms with Crippen LogP contribution in [-0.2, 0) is 0 Å². The van der Waals surface area contributed by atoms with Gasteiger partial charge >= 0.3 is 6.09 Å². The van der Waals surface area contributed by atoms with Gasteiger partial charge in [-0.3, -0.25) is 0 Å². The van der Waals surface area contributed by atoms with E-state index in [-0.39, 0.29) is 6.54 Å². The van der Waals surface area contributed by atoms with Gasteiger partial charge in [0.1, 0.15) is 0 Å². The van der Waals surface area contributed by atoms with Gasteiger partial charge in [-0.15, -0.1) is 0 Å². The number of hydrogen-bond acceptors (Lipinski definition) is 2. The Bertz CT molecular complexity index is 100. The lowest BCUT2D eigenvalue weighted by Gasteiger charge is -1.89. The molecule has 0 saturated carbocycles. The molecule has 4 nitrogen and oxygen atoms in total. The molecule has 0 bridgehead atoms. The Balaban J connectivity index is 3.05. The maximum Gasteiger partial charge on any atom is 0.404 e. The van der Waals surface area contributed by atoms with E-state index in [4.69, 9.17) is 10.8 Å². The van der Waals surface area contributed by atoms with E-state index in [0.29, 0.717) is 0 Å². The summed E-state index contributed by atoms with van der Waals surface area (Å²) in [5, 5.41) is 10.1. The van der Waals surface area contributed by atoms with Gasteiger partial charge in [0.25, 0.3) is 0 Å². The van der Waals surface area contributed by atoms with Crippen LogP contribution in [0.3, 0.4) is 0 Å². The van der Waals surface area contributed by atoms with Gasteiger partial charge in [-0.2, -0.15) is 0 Å². The third kappa shape index (κ3) is 4.81. The second-order valence-corrected chi connectivity index (χ2v) is 1.11. The van der Waals surface area contributed by atoms with Crippen molar-refractivity contribution < 1.29 is 9.90 Å². The van der Waals surface area contributed by atoms with Crippen molar-refractivity contribution in [2.24, 2.45) is 5.73 Å². The molecule has 0 atom stereocenters. The van der Waals surface area contributed by atoms with Gasteiger partial charge < -0.3 is 16.2 Å². The first-order valence-corrected chi connectivity index (χ1v) is 2.11. The monoisotopic (exact) mass is 116 g/mol. The van der Waals surface area contributed by atoms with Crippen molar-refractivity contribution >= 4 is 6.09 Å². The zero-order chi connectivity index (χ0) is 6.41. The summed E-state index contributed by atoms with van der Waals surface area (Å²) in [5.41, 5.74) is 4.90. The molecular weight excluding hydrogens is 108 g/mol. The smallest absolute Gasteiger partial charge is 0.404 e. The molecule has 0 unspecified atom stereocenters. The van der Waals surface area contributed by atoms with Crippen LogP contribution in [0.25, 0.3) is 0 Å². The van der Waals surface area contributed by atoms with Crippen molar-refractivity contribution in [3.63, 3.8) is 0 Å². The SMILES string of the molecule is NC=CCNC(=O)O. The molecular formula is C4H8N2O2. The fourth-order valence-electron chi connectivity index (χ4n) is 0.214. The van der Waals surface area contributed by atoms with Gasteiger partial charge in [-0.25, -0.2) is 4.79 Å². The summed E-state index contributed by atoms with van der Waals surface area (Å²) in [6, 6.07) is 0. The minimum atomic E-state index is -1.04. The minimum Gasteiger partial charge on any atom is -0.465 e. The Morgan fingerprint density at radius 1 is 1.88 bits per heavy atom. The van der Waals surface area contributed by atoms with Gasteiger partial charge in [0.15, 0.2) is 0 Å². The number of carbonyl (C=O) groups is 1. The maximum atomic E-state index is 9.69.